The fourth-order valence-electron chi connectivity index (χ4n) is 2.24. The number of nitrogens with two attached hydrogens (primary N) is 1. The molecule has 126 valence electrons. The lowest BCUT2D eigenvalue weighted by molar-refractivity contribution is 0.102. The van der Waals surface area contributed by atoms with Gasteiger partial charge in [-0.2, -0.15) is 0 Å². The summed E-state index contributed by atoms with van der Waals surface area (Å²) in [4.78, 5) is 16.4. The molecule has 3 rings (SSSR count). The van der Waals surface area contributed by atoms with Crippen molar-refractivity contribution in [2.45, 2.75) is 6.61 Å². The highest BCUT2D eigenvalue weighted by Crippen LogP contribution is 2.22. The minimum absolute atomic E-state index is 0.218. The van der Waals surface area contributed by atoms with Crippen molar-refractivity contribution in [3.8, 4) is 5.75 Å². The number of hydrogen-bond acceptors (Lipinski definition) is 4. The second-order valence-corrected chi connectivity index (χ2v) is 5.73. The summed E-state index contributed by atoms with van der Waals surface area (Å²) in [5, 5.41) is 3.47. The number of rotatable bonds is 5. The maximum absolute atomic E-state index is 12.4. The number of benzene rings is 2. The van der Waals surface area contributed by atoms with Crippen LogP contribution in [0.25, 0.3) is 0 Å². The van der Waals surface area contributed by atoms with Gasteiger partial charge in [-0.1, -0.05) is 29.8 Å². The minimum Gasteiger partial charge on any atom is -0.485 e. The number of nitrogens with zero attached hydrogens (tertiary/aromatic N) is 1. The van der Waals surface area contributed by atoms with Gasteiger partial charge in [0.05, 0.1) is 0 Å². The Kier molecular flexibility index (Phi) is 5.16. The zero-order chi connectivity index (χ0) is 17.6. The van der Waals surface area contributed by atoms with Gasteiger partial charge in [-0.15, -0.1) is 0 Å². The van der Waals surface area contributed by atoms with Gasteiger partial charge in [0.2, 0.25) is 0 Å². The quantitative estimate of drug-likeness (QED) is 0.722. The number of hydrogen-bond donors (Lipinski definition) is 2. The maximum Gasteiger partial charge on any atom is 0.255 e. The molecule has 1 aromatic heterocycles. The first-order valence-electron chi connectivity index (χ1n) is 7.61. The van der Waals surface area contributed by atoms with Crippen molar-refractivity contribution in [2.24, 2.45) is 0 Å². The zero-order valence-electron chi connectivity index (χ0n) is 13.3. The molecular weight excluding hydrogens is 338 g/mol. The number of nitrogens with one attached hydrogen (secondary N) is 1. The molecule has 0 aliphatic heterocycles. The minimum atomic E-state index is -0.218. The van der Waals surface area contributed by atoms with E-state index in [0.717, 1.165) is 5.56 Å². The van der Waals surface area contributed by atoms with E-state index in [1.54, 1.807) is 42.6 Å². The Balaban J connectivity index is 1.73. The first-order chi connectivity index (χ1) is 12.1. The molecule has 0 unspecified atom stereocenters. The van der Waals surface area contributed by atoms with Gasteiger partial charge in [-0.3, -0.25) is 4.79 Å². The van der Waals surface area contributed by atoms with Gasteiger partial charge < -0.3 is 15.8 Å². The first kappa shape index (κ1) is 16.8. The Bertz CT molecular complexity index is 882. The Hall–Kier alpha value is -3.05. The normalized spacial score (nSPS) is 10.3. The third-order valence-corrected chi connectivity index (χ3v) is 3.81. The first-order valence-corrected chi connectivity index (χ1v) is 7.99. The average Bonchev–Trinajstić information content (AvgIpc) is 2.62. The molecule has 0 spiro atoms. The molecule has 25 heavy (non-hydrogen) atoms. The highest BCUT2D eigenvalue weighted by molar-refractivity contribution is 6.30. The third kappa shape index (κ3) is 4.28. The van der Waals surface area contributed by atoms with Crippen LogP contribution >= 0.6 is 11.6 Å². The van der Waals surface area contributed by atoms with E-state index in [4.69, 9.17) is 22.1 Å². The predicted octanol–water partition coefficient (Wildman–Crippen LogP) is 4.15. The van der Waals surface area contributed by atoms with E-state index in [1.165, 1.54) is 0 Å². The number of aromatic nitrogens is 1. The number of pyridine rings is 1. The lowest BCUT2D eigenvalue weighted by Crippen LogP contribution is -2.14. The number of ether oxygens (including phenoxy) is 1. The molecule has 5 nitrogen and oxygen atoms in total. The molecule has 0 saturated heterocycles. The fraction of sp³-hybridized carbons (Fsp3) is 0.0526. The van der Waals surface area contributed by atoms with Crippen LogP contribution in [0.15, 0.2) is 66.9 Å². The maximum atomic E-state index is 12.4. The van der Waals surface area contributed by atoms with Crippen LogP contribution in [0.4, 0.5) is 11.5 Å². The molecule has 3 aromatic rings. The summed E-state index contributed by atoms with van der Waals surface area (Å²) < 4.78 is 5.71. The van der Waals surface area contributed by atoms with Crippen LogP contribution in [0.3, 0.4) is 0 Å². The van der Waals surface area contributed by atoms with Crippen molar-refractivity contribution in [3.05, 3.63) is 83.0 Å². The summed E-state index contributed by atoms with van der Waals surface area (Å²) in [5.41, 5.74) is 7.80. The van der Waals surface area contributed by atoms with Gasteiger partial charge >= 0.3 is 0 Å². The van der Waals surface area contributed by atoms with E-state index >= 15 is 0 Å². The summed E-state index contributed by atoms with van der Waals surface area (Å²) in [5.74, 6) is 0.608. The molecule has 2 aromatic carbocycles. The highest BCUT2D eigenvalue weighted by atomic mass is 35.5. The van der Waals surface area contributed by atoms with Crippen molar-refractivity contribution in [1.82, 2.24) is 4.98 Å². The molecule has 6 heteroatoms. The van der Waals surface area contributed by atoms with Crippen LogP contribution in [0.5, 0.6) is 5.75 Å². The van der Waals surface area contributed by atoms with E-state index in [2.05, 4.69) is 10.3 Å². The molecule has 1 amide bonds. The Morgan fingerprint density at radius 1 is 1.08 bits per heavy atom. The summed E-state index contributed by atoms with van der Waals surface area (Å²) in [6, 6.07) is 17.6. The molecule has 0 saturated carbocycles. The summed E-state index contributed by atoms with van der Waals surface area (Å²) in [7, 11) is 0. The van der Waals surface area contributed by atoms with Gasteiger partial charge in [0.1, 0.15) is 6.61 Å². The van der Waals surface area contributed by atoms with Gasteiger partial charge in [-0.25, -0.2) is 4.98 Å². The fourth-order valence-corrected chi connectivity index (χ4v) is 2.37. The van der Waals surface area contributed by atoms with Crippen molar-refractivity contribution in [1.29, 1.82) is 0 Å². The number of para-hydroxylation sites is 1. The summed E-state index contributed by atoms with van der Waals surface area (Å²) >= 11 is 5.85. The number of carbonyl (C=O) groups is 1. The molecule has 0 fully saturated rings. The van der Waals surface area contributed by atoms with Crippen LogP contribution in [-0.4, -0.2) is 10.9 Å². The SMILES string of the molecule is Nc1ncccc1OCc1ccccc1NC(=O)c1ccc(Cl)cc1. The van der Waals surface area contributed by atoms with E-state index < -0.39 is 0 Å². The molecule has 0 atom stereocenters. The number of anilines is 2. The Labute approximate surface area is 150 Å². The number of halogens is 1. The standard InChI is InChI=1S/C19H16ClN3O2/c20-15-9-7-13(8-10-15)19(24)23-16-5-2-1-4-14(16)12-25-17-6-3-11-22-18(17)21/h1-11H,12H2,(H2,21,22)(H,23,24). The number of carbonyl (C=O) groups excluding carboxylic acids is 1. The predicted molar refractivity (Wildman–Crippen MR) is 98.8 cm³/mol. The monoisotopic (exact) mass is 353 g/mol. The molecule has 0 radical (unpaired) electrons. The Morgan fingerprint density at radius 3 is 2.60 bits per heavy atom. The van der Waals surface area contributed by atoms with Crippen molar-refractivity contribution in [3.63, 3.8) is 0 Å². The van der Waals surface area contributed by atoms with Crippen molar-refractivity contribution < 1.29 is 9.53 Å². The number of nitrogen functional groups attached to an aromatic ring is 1. The van der Waals surface area contributed by atoms with Gasteiger partial charge in [0.15, 0.2) is 11.6 Å². The van der Waals surface area contributed by atoms with Gasteiger partial charge in [0.25, 0.3) is 5.91 Å². The largest absolute Gasteiger partial charge is 0.485 e. The Morgan fingerprint density at radius 2 is 1.84 bits per heavy atom. The lowest BCUT2D eigenvalue weighted by atomic mass is 10.1. The topological polar surface area (TPSA) is 77.2 Å². The lowest BCUT2D eigenvalue weighted by Gasteiger charge is -2.13. The second-order valence-electron chi connectivity index (χ2n) is 5.29. The van der Waals surface area contributed by atoms with Crippen LogP contribution < -0.4 is 15.8 Å². The van der Waals surface area contributed by atoms with Crippen LogP contribution in [0.1, 0.15) is 15.9 Å². The van der Waals surface area contributed by atoms with Crippen molar-refractivity contribution >= 4 is 29.0 Å². The average molecular weight is 354 g/mol. The third-order valence-electron chi connectivity index (χ3n) is 3.55. The second kappa shape index (κ2) is 7.68. The smallest absolute Gasteiger partial charge is 0.255 e. The van der Waals surface area contributed by atoms with Crippen molar-refractivity contribution in [2.75, 3.05) is 11.1 Å². The van der Waals surface area contributed by atoms with Crippen LogP contribution in [-0.2, 0) is 6.61 Å². The van der Waals surface area contributed by atoms with Crippen LogP contribution in [0, 0.1) is 0 Å². The molecule has 1 heterocycles. The highest BCUT2D eigenvalue weighted by Gasteiger charge is 2.10. The van der Waals surface area contributed by atoms with Crippen LogP contribution in [0.2, 0.25) is 5.02 Å². The van der Waals surface area contributed by atoms with E-state index in [0.29, 0.717) is 27.8 Å². The molecular formula is C19H16ClN3O2. The van der Waals surface area contributed by atoms with Gasteiger partial charge in [0, 0.05) is 28.0 Å². The molecule has 0 bridgehead atoms. The van der Waals surface area contributed by atoms with Gasteiger partial charge in [-0.05, 0) is 42.5 Å². The number of amides is 1. The molecule has 3 N–H and O–H groups in total. The molecule has 0 aliphatic carbocycles. The van der Waals surface area contributed by atoms with E-state index in [-0.39, 0.29) is 12.5 Å². The summed E-state index contributed by atoms with van der Waals surface area (Å²) in [6.45, 7) is 0.257. The van der Waals surface area contributed by atoms with E-state index in [1.807, 2.05) is 24.3 Å². The molecule has 0 aliphatic rings. The summed E-state index contributed by atoms with van der Waals surface area (Å²) in [6.07, 6.45) is 1.60. The van der Waals surface area contributed by atoms with E-state index in [9.17, 15) is 4.79 Å². The zero-order valence-corrected chi connectivity index (χ0v) is 14.0.